The van der Waals surface area contributed by atoms with Crippen LogP contribution in [0.3, 0.4) is 0 Å². The highest BCUT2D eigenvalue weighted by molar-refractivity contribution is 5.94. The minimum absolute atomic E-state index is 0.00543. The van der Waals surface area contributed by atoms with E-state index >= 15 is 4.39 Å². The maximum Gasteiger partial charge on any atom is 0.254 e. The molecule has 4 aromatic rings. The van der Waals surface area contributed by atoms with Crippen LogP contribution in [0.4, 0.5) is 4.39 Å². The van der Waals surface area contributed by atoms with Crippen LogP contribution in [0.2, 0.25) is 0 Å². The Bertz CT molecular complexity index is 1370. The second-order valence-electron chi connectivity index (χ2n) is 11.6. The number of aromatic nitrogens is 2. The molecule has 0 aliphatic carbocycles. The van der Waals surface area contributed by atoms with Gasteiger partial charge in [-0.15, -0.1) is 0 Å². The average molecular weight is 525 g/mol. The Morgan fingerprint density at radius 2 is 1.62 bits per heavy atom. The summed E-state index contributed by atoms with van der Waals surface area (Å²) in [7, 11) is 0. The third-order valence-electron chi connectivity index (χ3n) is 7.38. The van der Waals surface area contributed by atoms with Crippen LogP contribution in [0.15, 0.2) is 97.2 Å². The van der Waals surface area contributed by atoms with Gasteiger partial charge in [-0.2, -0.15) is 0 Å². The van der Waals surface area contributed by atoms with E-state index in [4.69, 9.17) is 4.98 Å². The van der Waals surface area contributed by atoms with Gasteiger partial charge in [-0.25, -0.2) is 9.37 Å². The van der Waals surface area contributed by atoms with Gasteiger partial charge in [-0.3, -0.25) is 4.79 Å². The van der Waals surface area contributed by atoms with Gasteiger partial charge >= 0.3 is 0 Å². The molecular weight excluding hydrogens is 487 g/mol. The van der Waals surface area contributed by atoms with Crippen molar-refractivity contribution in [3.63, 3.8) is 0 Å². The van der Waals surface area contributed by atoms with Crippen molar-refractivity contribution in [2.45, 2.75) is 45.4 Å². The molecule has 0 unspecified atom stereocenters. The minimum atomic E-state index is -1.51. The van der Waals surface area contributed by atoms with Gasteiger partial charge in [0.2, 0.25) is 0 Å². The number of nitrogens with zero attached hydrogens (tertiary/aromatic N) is 3. The number of amides is 1. The average Bonchev–Trinajstić information content (AvgIpc) is 3.55. The second kappa shape index (κ2) is 11.1. The van der Waals surface area contributed by atoms with Crippen molar-refractivity contribution < 1.29 is 9.18 Å². The summed E-state index contributed by atoms with van der Waals surface area (Å²) in [6.07, 6.45) is 2.43. The molecule has 6 heteroatoms. The first kappa shape index (κ1) is 26.8. The predicted molar refractivity (Wildman–Crippen MR) is 154 cm³/mol. The molecule has 1 aromatic heterocycles. The maximum absolute atomic E-state index is 16.1. The van der Waals surface area contributed by atoms with Crippen molar-refractivity contribution in [1.82, 2.24) is 19.8 Å². The van der Waals surface area contributed by atoms with Crippen LogP contribution in [-0.4, -0.2) is 45.7 Å². The van der Waals surface area contributed by atoms with Crippen LogP contribution in [0.25, 0.3) is 11.3 Å². The summed E-state index contributed by atoms with van der Waals surface area (Å²) in [5.74, 6) is 0.569. The van der Waals surface area contributed by atoms with Gasteiger partial charge in [-0.05, 0) is 36.1 Å². The molecule has 1 aliphatic rings. The number of halogens is 1. The van der Waals surface area contributed by atoms with Gasteiger partial charge in [0.15, 0.2) is 0 Å². The number of nitrogens with one attached hydrogen (secondary N) is 1. The molecule has 1 amide bonds. The minimum Gasteiger partial charge on any atom is -0.328 e. The lowest BCUT2D eigenvalue weighted by molar-refractivity contribution is 0.0241. The van der Waals surface area contributed by atoms with Crippen molar-refractivity contribution in [2.75, 3.05) is 19.6 Å². The zero-order valence-corrected chi connectivity index (χ0v) is 23.0. The van der Waals surface area contributed by atoms with Gasteiger partial charge < -0.3 is 14.8 Å². The third-order valence-corrected chi connectivity index (χ3v) is 7.38. The summed E-state index contributed by atoms with van der Waals surface area (Å²) in [5.41, 5.74) is 1.58. The summed E-state index contributed by atoms with van der Waals surface area (Å²) >= 11 is 0. The van der Waals surface area contributed by atoms with E-state index in [9.17, 15) is 4.79 Å². The van der Waals surface area contributed by atoms with E-state index in [-0.39, 0.29) is 19.0 Å². The number of rotatable bonds is 8. The molecule has 5 rings (SSSR count). The summed E-state index contributed by atoms with van der Waals surface area (Å²) in [5, 5.41) is 3.15. The molecule has 0 spiro atoms. The van der Waals surface area contributed by atoms with Gasteiger partial charge in [0.25, 0.3) is 5.91 Å². The Labute approximate surface area is 230 Å². The van der Waals surface area contributed by atoms with Crippen molar-refractivity contribution >= 4 is 5.91 Å². The summed E-state index contributed by atoms with van der Waals surface area (Å²) < 4.78 is 18.3. The summed E-state index contributed by atoms with van der Waals surface area (Å²) in [4.78, 5) is 21.1. The molecule has 1 aliphatic heterocycles. The van der Waals surface area contributed by atoms with Crippen molar-refractivity contribution in [3.8, 4) is 11.3 Å². The Kier molecular flexibility index (Phi) is 7.67. The van der Waals surface area contributed by atoms with Crippen LogP contribution in [0.5, 0.6) is 0 Å². The van der Waals surface area contributed by atoms with Gasteiger partial charge in [0, 0.05) is 30.4 Å². The quantitative estimate of drug-likeness (QED) is 0.285. The number of hydrogen-bond acceptors (Lipinski definition) is 3. The largest absolute Gasteiger partial charge is 0.328 e. The molecule has 0 saturated carbocycles. The van der Waals surface area contributed by atoms with E-state index in [0.29, 0.717) is 25.1 Å². The molecule has 39 heavy (non-hydrogen) atoms. The van der Waals surface area contributed by atoms with E-state index in [0.717, 1.165) is 22.6 Å². The number of hydrogen-bond donors (Lipinski definition) is 1. The molecule has 1 fully saturated rings. The molecule has 1 N–H and O–H groups in total. The zero-order chi connectivity index (χ0) is 27.5. The molecule has 1 saturated heterocycles. The lowest BCUT2D eigenvalue weighted by Crippen LogP contribution is -2.49. The number of carbonyl (C=O) groups excluding carboxylic acids is 1. The van der Waals surface area contributed by atoms with Crippen LogP contribution >= 0.6 is 0 Å². The Hall–Kier alpha value is -3.77. The smallest absolute Gasteiger partial charge is 0.254 e. The van der Waals surface area contributed by atoms with E-state index in [1.165, 1.54) is 0 Å². The molecule has 0 radical (unpaired) electrons. The fraction of sp³-hybridized carbons (Fsp3) is 0.333. The highest BCUT2D eigenvalue weighted by atomic mass is 19.1. The number of carbonyl (C=O) groups is 1. The first-order chi connectivity index (χ1) is 18.7. The fourth-order valence-electron chi connectivity index (χ4n) is 5.48. The van der Waals surface area contributed by atoms with Crippen LogP contribution < -0.4 is 5.32 Å². The molecular formula is C33H37FN4O. The topological polar surface area (TPSA) is 50.2 Å². The second-order valence-corrected chi connectivity index (χ2v) is 11.6. The number of benzene rings is 3. The fourth-order valence-corrected chi connectivity index (χ4v) is 5.48. The van der Waals surface area contributed by atoms with Gasteiger partial charge in [-0.1, -0.05) is 99.6 Å². The van der Waals surface area contributed by atoms with Gasteiger partial charge in [0.05, 0.1) is 18.3 Å². The summed E-state index contributed by atoms with van der Waals surface area (Å²) in [6, 6.07) is 29.0. The van der Waals surface area contributed by atoms with Crippen LogP contribution in [0, 0.1) is 5.41 Å². The summed E-state index contributed by atoms with van der Waals surface area (Å²) in [6.45, 7) is 7.73. The SMILES string of the molecule is CC(C)(C)[C@H](c1nc(-c2ccccc2)cn1Cc1ccccc1)N(C[C@]1(F)CCNC1)C(=O)c1ccccc1. The van der Waals surface area contributed by atoms with E-state index < -0.39 is 17.1 Å². The normalized spacial score (nSPS) is 18.2. The van der Waals surface area contributed by atoms with Crippen molar-refractivity contribution in [1.29, 1.82) is 0 Å². The monoisotopic (exact) mass is 524 g/mol. The lowest BCUT2D eigenvalue weighted by atomic mass is 9.83. The maximum atomic E-state index is 16.1. The predicted octanol–water partition coefficient (Wildman–Crippen LogP) is 6.53. The highest BCUT2D eigenvalue weighted by Gasteiger charge is 2.44. The van der Waals surface area contributed by atoms with E-state index in [1.54, 1.807) is 17.0 Å². The van der Waals surface area contributed by atoms with Crippen molar-refractivity contribution in [3.05, 3.63) is 114 Å². The van der Waals surface area contributed by atoms with Crippen LogP contribution in [-0.2, 0) is 6.54 Å². The Morgan fingerprint density at radius 3 is 2.21 bits per heavy atom. The Balaban J connectivity index is 1.66. The first-order valence-corrected chi connectivity index (χ1v) is 13.7. The molecule has 5 nitrogen and oxygen atoms in total. The molecule has 0 bridgehead atoms. The third kappa shape index (κ3) is 6.12. The highest BCUT2D eigenvalue weighted by Crippen LogP contribution is 2.41. The molecule has 3 aromatic carbocycles. The first-order valence-electron chi connectivity index (χ1n) is 13.7. The molecule has 2 atom stereocenters. The number of imidazole rings is 1. The van der Waals surface area contributed by atoms with Gasteiger partial charge in [0.1, 0.15) is 11.5 Å². The molecule has 2 heterocycles. The standard InChI is InChI=1S/C33H37FN4O/c1-32(2,3)29(38(24-33(34)19-20-35-23-33)31(39)27-17-11-6-12-18-27)30-36-28(26-15-9-5-10-16-26)22-37(30)21-25-13-7-4-8-14-25/h4-18,22,29,35H,19-21,23-24H2,1-3H3/t29-,33-/m0/s1. The number of alkyl halides is 1. The van der Waals surface area contributed by atoms with Crippen LogP contribution in [0.1, 0.15) is 55.0 Å². The zero-order valence-electron chi connectivity index (χ0n) is 23.0. The molecule has 202 valence electrons. The lowest BCUT2D eigenvalue weighted by Gasteiger charge is -2.42. The van der Waals surface area contributed by atoms with Crippen molar-refractivity contribution in [2.24, 2.45) is 5.41 Å². The van der Waals surface area contributed by atoms with E-state index in [1.807, 2.05) is 66.7 Å². The van der Waals surface area contributed by atoms with E-state index in [2.05, 4.69) is 49.0 Å². The Morgan fingerprint density at radius 1 is 1.00 bits per heavy atom.